The Morgan fingerprint density at radius 3 is 2.42 bits per heavy atom. The van der Waals surface area contributed by atoms with E-state index in [-0.39, 0.29) is 23.3 Å². The third-order valence-electron chi connectivity index (χ3n) is 6.09. The number of halogens is 3. The van der Waals surface area contributed by atoms with Crippen molar-refractivity contribution in [3.8, 4) is 5.75 Å². The quantitative estimate of drug-likeness (QED) is 0.507. The van der Waals surface area contributed by atoms with Crippen molar-refractivity contribution in [2.24, 2.45) is 5.92 Å². The van der Waals surface area contributed by atoms with Gasteiger partial charge in [0.25, 0.3) is 5.91 Å². The topological polar surface area (TPSA) is 71.5 Å². The first-order valence-corrected chi connectivity index (χ1v) is 11.7. The lowest BCUT2D eigenvalue weighted by Crippen LogP contribution is -2.42. The molecule has 2 heterocycles. The van der Waals surface area contributed by atoms with E-state index in [2.05, 4.69) is 10.3 Å². The summed E-state index contributed by atoms with van der Waals surface area (Å²) in [6.07, 6.45) is -1.75. The van der Waals surface area contributed by atoms with E-state index in [1.807, 2.05) is 42.5 Å². The van der Waals surface area contributed by atoms with Gasteiger partial charge in [-0.1, -0.05) is 18.2 Å². The molecule has 0 saturated carbocycles. The molecule has 2 aromatic carbocycles. The molecule has 0 spiro atoms. The van der Waals surface area contributed by atoms with Crippen molar-refractivity contribution in [1.82, 2.24) is 15.2 Å². The minimum absolute atomic E-state index is 0.0866. The Morgan fingerprint density at radius 2 is 1.75 bits per heavy atom. The van der Waals surface area contributed by atoms with E-state index in [0.29, 0.717) is 44.8 Å². The van der Waals surface area contributed by atoms with Crippen molar-refractivity contribution in [1.29, 1.82) is 0 Å². The second-order valence-electron chi connectivity index (χ2n) is 8.62. The van der Waals surface area contributed by atoms with Crippen LogP contribution in [-0.4, -0.2) is 34.8 Å². The molecule has 2 amide bonds. The van der Waals surface area contributed by atoms with Gasteiger partial charge in [0.15, 0.2) is 0 Å². The van der Waals surface area contributed by atoms with E-state index in [1.165, 1.54) is 12.1 Å². The van der Waals surface area contributed by atoms with Crippen LogP contribution in [0.1, 0.15) is 40.0 Å². The zero-order valence-electron chi connectivity index (χ0n) is 19.5. The molecule has 1 saturated heterocycles. The molecule has 1 N–H and O–H groups in total. The Morgan fingerprint density at radius 1 is 1.00 bits per heavy atom. The maximum atomic E-state index is 12.7. The Bertz CT molecular complexity index is 1180. The van der Waals surface area contributed by atoms with Crippen LogP contribution >= 0.6 is 0 Å². The summed E-state index contributed by atoms with van der Waals surface area (Å²) in [6, 6.07) is 17.3. The van der Waals surface area contributed by atoms with Crippen LogP contribution in [0.15, 0.2) is 72.9 Å². The monoisotopic (exact) mass is 497 g/mol. The van der Waals surface area contributed by atoms with Gasteiger partial charge in [-0.15, -0.1) is 0 Å². The number of nitrogens with zero attached hydrogens (tertiary/aromatic N) is 2. The van der Waals surface area contributed by atoms with Gasteiger partial charge in [-0.05, 0) is 66.9 Å². The van der Waals surface area contributed by atoms with E-state index in [1.54, 1.807) is 11.1 Å². The lowest BCUT2D eigenvalue weighted by molar-refractivity contribution is -0.137. The Balaban J connectivity index is 1.23. The highest BCUT2D eigenvalue weighted by Gasteiger charge is 2.31. The molecule has 9 heteroatoms. The number of ether oxygens (including phenoxy) is 1. The minimum atomic E-state index is -4.44. The lowest BCUT2D eigenvalue weighted by atomic mass is 9.95. The number of pyridine rings is 1. The van der Waals surface area contributed by atoms with Crippen LogP contribution in [0.3, 0.4) is 0 Å². The van der Waals surface area contributed by atoms with Gasteiger partial charge in [-0.25, -0.2) is 0 Å². The van der Waals surface area contributed by atoms with Crippen LogP contribution in [0.4, 0.5) is 13.2 Å². The molecule has 1 aliphatic rings. The third kappa shape index (κ3) is 6.62. The number of carbonyl (C=O) groups is 2. The van der Waals surface area contributed by atoms with Gasteiger partial charge < -0.3 is 15.0 Å². The molecule has 0 bridgehead atoms. The Labute approximate surface area is 207 Å². The molecule has 1 fully saturated rings. The zero-order valence-corrected chi connectivity index (χ0v) is 19.5. The molecule has 3 aromatic rings. The maximum absolute atomic E-state index is 12.7. The van der Waals surface area contributed by atoms with Gasteiger partial charge in [0.1, 0.15) is 12.4 Å². The van der Waals surface area contributed by atoms with E-state index in [9.17, 15) is 22.8 Å². The maximum Gasteiger partial charge on any atom is 0.416 e. The van der Waals surface area contributed by atoms with Crippen LogP contribution in [0.5, 0.6) is 5.75 Å². The molecule has 1 aliphatic heterocycles. The summed E-state index contributed by atoms with van der Waals surface area (Å²) in [5, 5.41) is 2.95. The number of nitrogens with one attached hydrogen (secondary N) is 1. The summed E-state index contributed by atoms with van der Waals surface area (Å²) in [7, 11) is 0. The number of piperidine rings is 1. The summed E-state index contributed by atoms with van der Waals surface area (Å²) in [5.41, 5.74) is 1.13. The fraction of sp³-hybridized carbons (Fsp3) is 0.296. The predicted molar refractivity (Wildman–Crippen MR) is 127 cm³/mol. The zero-order chi connectivity index (χ0) is 25.5. The molecule has 0 atom stereocenters. The number of benzene rings is 2. The molecule has 1 aromatic heterocycles. The summed E-state index contributed by atoms with van der Waals surface area (Å²) in [4.78, 5) is 31.1. The fourth-order valence-corrected chi connectivity index (χ4v) is 4.05. The molecule has 36 heavy (non-hydrogen) atoms. The Kier molecular flexibility index (Phi) is 7.87. The van der Waals surface area contributed by atoms with Crippen molar-refractivity contribution < 1.29 is 27.5 Å². The van der Waals surface area contributed by atoms with Gasteiger partial charge in [0.05, 0.1) is 11.3 Å². The summed E-state index contributed by atoms with van der Waals surface area (Å²) in [5.74, 6) is 0.0364. The standard InChI is InChI=1S/C27H26F3N3O3/c28-27(29,30)22-9-7-21(8-10-22)26(35)33-14-11-20(12-15-33)25(34)32-17-19-4-3-6-24(16-19)36-18-23-5-1-2-13-31-23/h1-10,13,16,20H,11-12,14-15,17-18H2,(H,32,34). The molecule has 0 radical (unpaired) electrons. The highest BCUT2D eigenvalue weighted by molar-refractivity contribution is 5.94. The second kappa shape index (κ2) is 11.2. The van der Waals surface area contributed by atoms with Crippen LogP contribution in [-0.2, 0) is 24.1 Å². The number of amides is 2. The van der Waals surface area contributed by atoms with Crippen LogP contribution in [0.2, 0.25) is 0 Å². The molecule has 188 valence electrons. The van der Waals surface area contributed by atoms with Gasteiger partial charge in [0.2, 0.25) is 5.91 Å². The van der Waals surface area contributed by atoms with Crippen molar-refractivity contribution >= 4 is 11.8 Å². The van der Waals surface area contributed by atoms with Gasteiger partial charge in [-0.2, -0.15) is 13.2 Å². The first kappa shape index (κ1) is 25.2. The molecule has 0 aliphatic carbocycles. The minimum Gasteiger partial charge on any atom is -0.487 e. The fourth-order valence-electron chi connectivity index (χ4n) is 4.05. The van der Waals surface area contributed by atoms with Crippen molar-refractivity contribution in [3.05, 3.63) is 95.3 Å². The van der Waals surface area contributed by atoms with Gasteiger partial charge in [-0.3, -0.25) is 14.6 Å². The number of rotatable bonds is 7. The summed E-state index contributed by atoms with van der Waals surface area (Å²) in [6.45, 7) is 1.44. The van der Waals surface area contributed by atoms with Crippen molar-refractivity contribution in [3.63, 3.8) is 0 Å². The van der Waals surface area contributed by atoms with E-state index >= 15 is 0 Å². The van der Waals surface area contributed by atoms with Crippen LogP contribution < -0.4 is 10.1 Å². The van der Waals surface area contributed by atoms with Gasteiger partial charge >= 0.3 is 6.18 Å². The smallest absolute Gasteiger partial charge is 0.416 e. The lowest BCUT2D eigenvalue weighted by Gasteiger charge is -2.31. The average Bonchev–Trinajstić information content (AvgIpc) is 2.90. The van der Waals surface area contributed by atoms with Gasteiger partial charge in [0, 0.05) is 37.3 Å². The number of carbonyl (C=O) groups excluding carboxylic acids is 2. The largest absolute Gasteiger partial charge is 0.487 e. The number of aromatic nitrogens is 1. The normalized spacial score (nSPS) is 14.4. The molecule has 0 unspecified atom stereocenters. The first-order chi connectivity index (χ1) is 17.3. The SMILES string of the molecule is O=C(NCc1cccc(OCc2ccccn2)c1)C1CCN(C(=O)c2ccc(C(F)(F)F)cc2)CC1. The highest BCUT2D eigenvalue weighted by atomic mass is 19.4. The molecular formula is C27H26F3N3O3. The number of hydrogen-bond acceptors (Lipinski definition) is 4. The van der Waals surface area contributed by atoms with Crippen LogP contribution in [0, 0.1) is 5.92 Å². The first-order valence-electron chi connectivity index (χ1n) is 11.7. The van der Waals surface area contributed by atoms with Crippen LogP contribution in [0.25, 0.3) is 0 Å². The number of likely N-dealkylation sites (tertiary alicyclic amines) is 1. The highest BCUT2D eigenvalue weighted by Crippen LogP contribution is 2.29. The Hall–Kier alpha value is -3.88. The van der Waals surface area contributed by atoms with Crippen molar-refractivity contribution in [2.75, 3.05) is 13.1 Å². The molecule has 6 nitrogen and oxygen atoms in total. The second-order valence-corrected chi connectivity index (χ2v) is 8.62. The number of alkyl halides is 3. The van der Waals surface area contributed by atoms with E-state index < -0.39 is 11.7 Å². The number of hydrogen-bond donors (Lipinski definition) is 1. The van der Waals surface area contributed by atoms with Crippen molar-refractivity contribution in [2.45, 2.75) is 32.2 Å². The van der Waals surface area contributed by atoms with E-state index in [0.717, 1.165) is 23.4 Å². The summed E-state index contributed by atoms with van der Waals surface area (Å²) < 4.78 is 44.0. The predicted octanol–water partition coefficient (Wildman–Crippen LogP) is 4.85. The molecule has 4 rings (SSSR count). The average molecular weight is 498 g/mol. The summed E-state index contributed by atoms with van der Waals surface area (Å²) >= 11 is 0. The van der Waals surface area contributed by atoms with E-state index in [4.69, 9.17) is 4.74 Å². The third-order valence-corrected chi connectivity index (χ3v) is 6.09. The molecular weight excluding hydrogens is 471 g/mol.